The van der Waals surface area contributed by atoms with E-state index in [2.05, 4.69) is 4.74 Å². The van der Waals surface area contributed by atoms with Gasteiger partial charge in [0.05, 0.1) is 17.6 Å². The molecule has 0 saturated heterocycles. The molecular formula is C13H14FNO4S. The number of nitrogens with zero attached hydrogens (tertiary/aromatic N) is 1. The molecule has 0 N–H and O–H groups in total. The lowest BCUT2D eigenvalue weighted by Crippen LogP contribution is -2.34. The van der Waals surface area contributed by atoms with Gasteiger partial charge in [-0.3, -0.25) is 0 Å². The minimum atomic E-state index is -3.93. The quantitative estimate of drug-likeness (QED) is 0.627. The number of carbonyl (C=O) groups excluding carboxylic acids is 1. The van der Waals surface area contributed by atoms with E-state index in [0.29, 0.717) is 13.0 Å². The molecule has 0 fully saturated rings. The molecule has 0 aromatic heterocycles. The Kier molecular flexibility index (Phi) is 4.20. The van der Waals surface area contributed by atoms with Crippen molar-refractivity contribution in [3.05, 3.63) is 41.7 Å². The molecule has 20 heavy (non-hydrogen) atoms. The first-order valence-electron chi connectivity index (χ1n) is 6.00. The summed E-state index contributed by atoms with van der Waals surface area (Å²) in [6.07, 6.45) is 4.18. The van der Waals surface area contributed by atoms with Crippen LogP contribution < -0.4 is 0 Å². The van der Waals surface area contributed by atoms with E-state index in [-0.39, 0.29) is 17.0 Å². The van der Waals surface area contributed by atoms with Crippen LogP contribution in [0.4, 0.5) is 4.39 Å². The molecule has 0 bridgehead atoms. The molecule has 0 spiro atoms. The standard InChI is InChI=1S/C13H14FNO4S/c1-19-13(16)11-6-5-10(14)9-12(11)20(17,18)15-7-3-2-4-8-15/h2-3,5-6,9H,4,7-8H2,1H3. The van der Waals surface area contributed by atoms with Gasteiger partial charge < -0.3 is 4.74 Å². The highest BCUT2D eigenvalue weighted by Gasteiger charge is 2.29. The molecule has 0 amide bonds. The summed E-state index contributed by atoms with van der Waals surface area (Å²) in [7, 11) is -2.78. The van der Waals surface area contributed by atoms with Gasteiger partial charge in [-0.2, -0.15) is 4.31 Å². The number of hydrogen-bond donors (Lipinski definition) is 0. The molecule has 5 nitrogen and oxygen atoms in total. The number of hydrogen-bond acceptors (Lipinski definition) is 4. The predicted molar refractivity (Wildman–Crippen MR) is 70.3 cm³/mol. The first-order chi connectivity index (χ1) is 9.46. The average molecular weight is 299 g/mol. The molecule has 2 rings (SSSR count). The summed E-state index contributed by atoms with van der Waals surface area (Å²) in [4.78, 5) is 11.3. The zero-order valence-electron chi connectivity index (χ0n) is 10.9. The van der Waals surface area contributed by atoms with Crippen LogP contribution in [0, 0.1) is 5.82 Å². The van der Waals surface area contributed by atoms with E-state index >= 15 is 0 Å². The minimum absolute atomic E-state index is 0.163. The van der Waals surface area contributed by atoms with E-state index in [1.165, 1.54) is 4.31 Å². The van der Waals surface area contributed by atoms with E-state index in [0.717, 1.165) is 25.3 Å². The van der Waals surface area contributed by atoms with Gasteiger partial charge in [-0.1, -0.05) is 12.2 Å². The van der Waals surface area contributed by atoms with Crippen molar-refractivity contribution in [3.8, 4) is 0 Å². The van der Waals surface area contributed by atoms with E-state index in [1.54, 1.807) is 6.08 Å². The second kappa shape index (κ2) is 5.72. The number of rotatable bonds is 3. The molecule has 108 valence electrons. The highest BCUT2D eigenvalue weighted by molar-refractivity contribution is 7.89. The van der Waals surface area contributed by atoms with Crippen LogP contribution in [-0.2, 0) is 14.8 Å². The van der Waals surface area contributed by atoms with Gasteiger partial charge >= 0.3 is 5.97 Å². The highest BCUT2D eigenvalue weighted by Crippen LogP contribution is 2.23. The fourth-order valence-electron chi connectivity index (χ4n) is 1.97. The first kappa shape index (κ1) is 14.7. The van der Waals surface area contributed by atoms with Crippen molar-refractivity contribution in [2.24, 2.45) is 0 Å². The third kappa shape index (κ3) is 2.73. The lowest BCUT2D eigenvalue weighted by Gasteiger charge is -2.23. The maximum Gasteiger partial charge on any atom is 0.339 e. The fraction of sp³-hybridized carbons (Fsp3) is 0.308. The lowest BCUT2D eigenvalue weighted by molar-refractivity contribution is 0.0596. The topological polar surface area (TPSA) is 63.7 Å². The summed E-state index contributed by atoms with van der Waals surface area (Å²) < 4.78 is 44.1. The Hall–Kier alpha value is -1.73. The van der Waals surface area contributed by atoms with Crippen molar-refractivity contribution in [3.63, 3.8) is 0 Å². The summed E-state index contributed by atoms with van der Waals surface area (Å²) in [5.41, 5.74) is -0.163. The van der Waals surface area contributed by atoms with E-state index in [9.17, 15) is 17.6 Å². The van der Waals surface area contributed by atoms with Gasteiger partial charge in [0.25, 0.3) is 0 Å². The molecular weight excluding hydrogens is 285 g/mol. The Labute approximate surface area is 116 Å². The number of methoxy groups -OCH3 is 1. The number of sulfonamides is 1. The molecule has 0 radical (unpaired) electrons. The molecule has 1 aliphatic heterocycles. The van der Waals surface area contributed by atoms with Gasteiger partial charge in [-0.05, 0) is 24.6 Å². The molecule has 0 aliphatic carbocycles. The van der Waals surface area contributed by atoms with Crippen LogP contribution in [0.5, 0.6) is 0 Å². The largest absolute Gasteiger partial charge is 0.465 e. The predicted octanol–water partition coefficient (Wildman–Crippen LogP) is 1.56. The summed E-state index contributed by atoms with van der Waals surface area (Å²) in [6.45, 7) is 0.509. The normalized spacial score (nSPS) is 16.1. The van der Waals surface area contributed by atoms with Gasteiger partial charge in [-0.15, -0.1) is 0 Å². The molecule has 0 atom stereocenters. The second-order valence-corrected chi connectivity index (χ2v) is 6.16. The molecule has 7 heteroatoms. The minimum Gasteiger partial charge on any atom is -0.465 e. The fourth-order valence-corrected chi connectivity index (χ4v) is 3.56. The van der Waals surface area contributed by atoms with Crippen LogP contribution in [0.25, 0.3) is 0 Å². The van der Waals surface area contributed by atoms with E-state index in [4.69, 9.17) is 0 Å². The molecule has 0 unspecified atom stereocenters. The molecule has 1 aromatic rings. The van der Waals surface area contributed by atoms with Gasteiger partial charge in [0.1, 0.15) is 5.82 Å². The summed E-state index contributed by atoms with van der Waals surface area (Å²) in [5.74, 6) is -1.53. The van der Waals surface area contributed by atoms with Crippen LogP contribution in [-0.4, -0.2) is 38.9 Å². The lowest BCUT2D eigenvalue weighted by atomic mass is 10.2. The summed E-state index contributed by atoms with van der Waals surface area (Å²) >= 11 is 0. The van der Waals surface area contributed by atoms with Gasteiger partial charge in [-0.25, -0.2) is 17.6 Å². The first-order valence-corrected chi connectivity index (χ1v) is 7.44. The number of carbonyl (C=O) groups is 1. The van der Waals surface area contributed by atoms with Crippen LogP contribution in [0.3, 0.4) is 0 Å². The van der Waals surface area contributed by atoms with E-state index < -0.39 is 21.8 Å². The molecule has 1 aliphatic rings. The zero-order chi connectivity index (χ0) is 14.8. The van der Waals surface area contributed by atoms with Crippen molar-refractivity contribution in [2.75, 3.05) is 20.2 Å². The van der Waals surface area contributed by atoms with E-state index in [1.807, 2.05) is 6.08 Å². The monoisotopic (exact) mass is 299 g/mol. The van der Waals surface area contributed by atoms with Crippen molar-refractivity contribution in [1.82, 2.24) is 4.31 Å². The van der Waals surface area contributed by atoms with Crippen LogP contribution in [0.1, 0.15) is 16.8 Å². The Bertz CT molecular complexity index is 654. The van der Waals surface area contributed by atoms with Gasteiger partial charge in [0.15, 0.2) is 0 Å². The van der Waals surface area contributed by atoms with Crippen LogP contribution in [0.15, 0.2) is 35.2 Å². The van der Waals surface area contributed by atoms with Crippen LogP contribution in [0.2, 0.25) is 0 Å². The molecule has 0 saturated carbocycles. The van der Waals surface area contributed by atoms with Crippen molar-refractivity contribution in [2.45, 2.75) is 11.3 Å². The Morgan fingerprint density at radius 2 is 2.10 bits per heavy atom. The maximum atomic E-state index is 13.4. The van der Waals surface area contributed by atoms with Crippen molar-refractivity contribution in [1.29, 1.82) is 0 Å². The molecule has 1 aromatic carbocycles. The maximum absolute atomic E-state index is 13.4. The number of esters is 1. The number of halogens is 1. The number of benzene rings is 1. The third-order valence-corrected chi connectivity index (χ3v) is 4.89. The SMILES string of the molecule is COC(=O)c1ccc(F)cc1S(=O)(=O)N1CC=CCC1. The second-order valence-electron chi connectivity index (χ2n) is 4.26. The highest BCUT2D eigenvalue weighted by atomic mass is 32.2. The van der Waals surface area contributed by atoms with Gasteiger partial charge in [0.2, 0.25) is 10.0 Å². The van der Waals surface area contributed by atoms with Crippen molar-refractivity contribution >= 4 is 16.0 Å². The smallest absolute Gasteiger partial charge is 0.339 e. The zero-order valence-corrected chi connectivity index (χ0v) is 11.7. The Morgan fingerprint density at radius 3 is 2.70 bits per heavy atom. The summed E-state index contributed by atoms with van der Waals surface area (Å²) in [6, 6.07) is 3.00. The van der Waals surface area contributed by atoms with Crippen LogP contribution >= 0.6 is 0 Å². The Morgan fingerprint density at radius 1 is 1.35 bits per heavy atom. The molecule has 1 heterocycles. The average Bonchev–Trinajstić information content (AvgIpc) is 2.47. The van der Waals surface area contributed by atoms with Gasteiger partial charge in [0, 0.05) is 13.1 Å². The third-order valence-electron chi connectivity index (χ3n) is 2.99. The number of ether oxygens (including phenoxy) is 1. The Balaban J connectivity index is 2.52. The summed E-state index contributed by atoms with van der Waals surface area (Å²) in [5, 5.41) is 0. The van der Waals surface area contributed by atoms with Crippen molar-refractivity contribution < 1.29 is 22.3 Å².